The molecule has 62 valence electrons. The SMILES string of the molecule is CCC(C)NSC(Cl)(Cl)Cl. The van der Waals surface area contributed by atoms with Gasteiger partial charge in [0.25, 0.3) is 3.12 Å². The molecule has 0 aliphatic heterocycles. The fourth-order valence-corrected chi connectivity index (χ4v) is 1.15. The van der Waals surface area contributed by atoms with E-state index in [-0.39, 0.29) is 0 Å². The summed E-state index contributed by atoms with van der Waals surface area (Å²) < 4.78 is 1.75. The number of alkyl halides is 3. The Labute approximate surface area is 80.9 Å². The summed E-state index contributed by atoms with van der Waals surface area (Å²) in [6, 6.07) is 0.376. The van der Waals surface area contributed by atoms with Crippen molar-refractivity contribution >= 4 is 46.8 Å². The first-order valence-electron chi connectivity index (χ1n) is 2.96. The molecule has 1 N–H and O–H groups in total. The van der Waals surface area contributed by atoms with Gasteiger partial charge in [0.15, 0.2) is 0 Å². The quantitative estimate of drug-likeness (QED) is 0.581. The van der Waals surface area contributed by atoms with Crippen molar-refractivity contribution in [3.8, 4) is 0 Å². The Bertz CT molecular complexity index is 93.4. The Kier molecular flexibility index (Phi) is 5.52. The number of rotatable bonds is 3. The van der Waals surface area contributed by atoms with Crippen molar-refractivity contribution in [3.05, 3.63) is 0 Å². The lowest BCUT2D eigenvalue weighted by Crippen LogP contribution is -2.21. The Balaban J connectivity index is 3.36. The van der Waals surface area contributed by atoms with Gasteiger partial charge in [-0.3, -0.25) is 4.72 Å². The van der Waals surface area contributed by atoms with Crippen LogP contribution in [0.3, 0.4) is 0 Å². The van der Waals surface area contributed by atoms with E-state index in [2.05, 4.69) is 11.6 Å². The molecule has 0 aromatic heterocycles. The zero-order chi connectivity index (χ0) is 8.20. The van der Waals surface area contributed by atoms with E-state index < -0.39 is 3.12 Å². The summed E-state index contributed by atoms with van der Waals surface area (Å²) in [7, 11) is 0. The molecular weight excluding hydrogens is 212 g/mol. The van der Waals surface area contributed by atoms with Crippen molar-refractivity contribution in [2.24, 2.45) is 0 Å². The van der Waals surface area contributed by atoms with E-state index in [4.69, 9.17) is 34.8 Å². The first kappa shape index (κ1) is 11.2. The Morgan fingerprint density at radius 2 is 2.00 bits per heavy atom. The second kappa shape index (κ2) is 4.94. The van der Waals surface area contributed by atoms with E-state index in [0.29, 0.717) is 6.04 Å². The molecular formula is C5H10Cl3NS. The summed E-state index contributed by atoms with van der Waals surface area (Å²) in [5, 5.41) is 0. The van der Waals surface area contributed by atoms with E-state index in [0.717, 1.165) is 18.4 Å². The van der Waals surface area contributed by atoms with Gasteiger partial charge in [0.2, 0.25) is 0 Å². The monoisotopic (exact) mass is 221 g/mol. The van der Waals surface area contributed by atoms with E-state index in [9.17, 15) is 0 Å². The van der Waals surface area contributed by atoms with Crippen molar-refractivity contribution < 1.29 is 0 Å². The summed E-state index contributed by atoms with van der Waals surface area (Å²) in [5.74, 6) is 0. The van der Waals surface area contributed by atoms with Gasteiger partial charge in [-0.1, -0.05) is 41.7 Å². The molecule has 10 heavy (non-hydrogen) atoms. The van der Waals surface area contributed by atoms with Crippen LogP contribution in [0.1, 0.15) is 20.3 Å². The van der Waals surface area contributed by atoms with Crippen LogP contribution in [-0.4, -0.2) is 9.17 Å². The third-order valence-electron chi connectivity index (χ3n) is 0.988. The van der Waals surface area contributed by atoms with Crippen LogP contribution in [0.4, 0.5) is 0 Å². The summed E-state index contributed by atoms with van der Waals surface area (Å²) in [6.45, 7) is 4.10. The van der Waals surface area contributed by atoms with Gasteiger partial charge in [-0.15, -0.1) is 0 Å². The van der Waals surface area contributed by atoms with Gasteiger partial charge < -0.3 is 0 Å². The molecule has 0 aliphatic carbocycles. The molecule has 0 bridgehead atoms. The van der Waals surface area contributed by atoms with Gasteiger partial charge in [0.1, 0.15) is 0 Å². The van der Waals surface area contributed by atoms with Gasteiger partial charge >= 0.3 is 0 Å². The molecule has 0 saturated carbocycles. The highest BCUT2D eigenvalue weighted by molar-refractivity contribution is 8.02. The Morgan fingerprint density at radius 1 is 1.50 bits per heavy atom. The molecule has 0 aromatic carbocycles. The molecule has 5 heteroatoms. The third-order valence-corrected chi connectivity index (χ3v) is 2.43. The number of hydrogen-bond acceptors (Lipinski definition) is 2. The molecule has 0 aliphatic rings. The fraction of sp³-hybridized carbons (Fsp3) is 1.00. The predicted molar refractivity (Wildman–Crippen MR) is 50.8 cm³/mol. The number of hydrogen-bond donors (Lipinski definition) is 1. The molecule has 1 atom stereocenters. The average molecular weight is 223 g/mol. The minimum absolute atomic E-state index is 0.376. The van der Waals surface area contributed by atoms with Crippen LogP contribution in [-0.2, 0) is 0 Å². The van der Waals surface area contributed by atoms with Crippen molar-refractivity contribution in [2.45, 2.75) is 29.4 Å². The largest absolute Gasteiger partial charge is 0.258 e. The van der Waals surface area contributed by atoms with Crippen LogP contribution >= 0.6 is 46.8 Å². The highest BCUT2D eigenvalue weighted by atomic mass is 35.6. The molecule has 0 rings (SSSR count). The van der Waals surface area contributed by atoms with Crippen LogP contribution in [0.5, 0.6) is 0 Å². The molecule has 0 radical (unpaired) electrons. The molecule has 0 spiro atoms. The average Bonchev–Trinajstić information content (AvgIpc) is 1.81. The maximum absolute atomic E-state index is 5.47. The lowest BCUT2D eigenvalue weighted by Gasteiger charge is -2.14. The molecule has 0 aromatic rings. The van der Waals surface area contributed by atoms with E-state index in [1.165, 1.54) is 0 Å². The van der Waals surface area contributed by atoms with Crippen LogP contribution < -0.4 is 4.72 Å². The van der Waals surface area contributed by atoms with Crippen LogP contribution in [0, 0.1) is 0 Å². The highest BCUT2D eigenvalue weighted by Gasteiger charge is 2.20. The second-order valence-corrected chi connectivity index (χ2v) is 5.98. The zero-order valence-electron chi connectivity index (χ0n) is 5.83. The van der Waals surface area contributed by atoms with Crippen molar-refractivity contribution in [1.82, 2.24) is 4.72 Å². The van der Waals surface area contributed by atoms with Gasteiger partial charge in [-0.25, -0.2) is 0 Å². The number of halogens is 3. The lowest BCUT2D eigenvalue weighted by molar-refractivity contribution is 0.669. The summed E-state index contributed by atoms with van der Waals surface area (Å²) >= 11 is 17.5. The fourth-order valence-electron chi connectivity index (χ4n) is 0.251. The Morgan fingerprint density at radius 3 is 2.30 bits per heavy atom. The standard InChI is InChI=1S/C5H10Cl3NS/c1-3-4(2)9-10-5(6,7)8/h4,9H,3H2,1-2H3. The first-order valence-corrected chi connectivity index (χ1v) is 4.91. The maximum Gasteiger partial charge on any atom is 0.251 e. The third kappa shape index (κ3) is 7.29. The lowest BCUT2D eigenvalue weighted by atomic mass is 10.3. The van der Waals surface area contributed by atoms with E-state index >= 15 is 0 Å². The van der Waals surface area contributed by atoms with Gasteiger partial charge in [-0.05, 0) is 25.3 Å². The number of nitrogens with one attached hydrogen (secondary N) is 1. The minimum Gasteiger partial charge on any atom is -0.258 e. The highest BCUT2D eigenvalue weighted by Crippen LogP contribution is 2.36. The molecule has 0 saturated heterocycles. The van der Waals surface area contributed by atoms with Crippen molar-refractivity contribution in [2.75, 3.05) is 0 Å². The molecule has 0 fully saturated rings. The van der Waals surface area contributed by atoms with Gasteiger partial charge in [0, 0.05) is 6.04 Å². The van der Waals surface area contributed by atoms with E-state index in [1.54, 1.807) is 0 Å². The molecule has 1 nitrogen and oxygen atoms in total. The van der Waals surface area contributed by atoms with Crippen molar-refractivity contribution in [1.29, 1.82) is 0 Å². The summed E-state index contributed by atoms with van der Waals surface area (Å²) in [5.41, 5.74) is 0. The minimum atomic E-state index is -1.25. The topological polar surface area (TPSA) is 12.0 Å². The predicted octanol–water partition coefficient (Wildman–Crippen LogP) is 3.35. The zero-order valence-corrected chi connectivity index (χ0v) is 8.91. The maximum atomic E-state index is 5.47. The van der Waals surface area contributed by atoms with Crippen molar-refractivity contribution in [3.63, 3.8) is 0 Å². The molecule has 1 unspecified atom stereocenters. The van der Waals surface area contributed by atoms with Gasteiger partial charge in [0.05, 0.1) is 0 Å². The smallest absolute Gasteiger partial charge is 0.251 e. The summed E-state index contributed by atoms with van der Waals surface area (Å²) in [4.78, 5) is 0. The molecule has 0 heterocycles. The first-order chi connectivity index (χ1) is 4.45. The second-order valence-electron chi connectivity index (χ2n) is 1.97. The van der Waals surface area contributed by atoms with Crippen LogP contribution in [0.15, 0.2) is 0 Å². The Hall–Kier alpha value is 1.18. The molecule has 0 amide bonds. The van der Waals surface area contributed by atoms with Crippen LogP contribution in [0.2, 0.25) is 0 Å². The summed E-state index contributed by atoms with van der Waals surface area (Å²) in [6.07, 6.45) is 1.02. The van der Waals surface area contributed by atoms with E-state index in [1.807, 2.05) is 6.92 Å². The van der Waals surface area contributed by atoms with Gasteiger partial charge in [-0.2, -0.15) is 0 Å². The normalized spacial score (nSPS) is 15.3. The van der Waals surface area contributed by atoms with Crippen LogP contribution in [0.25, 0.3) is 0 Å².